The number of nitrogens with one attached hydrogen (secondary N) is 1. The summed E-state index contributed by atoms with van der Waals surface area (Å²) in [5.41, 5.74) is 6.49. The van der Waals surface area contributed by atoms with Crippen LogP contribution in [0.15, 0.2) is 36.4 Å². The summed E-state index contributed by atoms with van der Waals surface area (Å²) >= 11 is 0. The van der Waals surface area contributed by atoms with Crippen molar-refractivity contribution in [2.75, 3.05) is 33.5 Å². The molecule has 2 rings (SSSR count). The van der Waals surface area contributed by atoms with E-state index in [1.54, 1.807) is 18.2 Å². The number of halogens is 1. The fourth-order valence-electron chi connectivity index (χ4n) is 2.33. The summed E-state index contributed by atoms with van der Waals surface area (Å²) in [5.74, 6) is 0.135. The molecule has 0 radical (unpaired) electrons. The highest BCUT2D eigenvalue weighted by atomic mass is 19.1. The van der Waals surface area contributed by atoms with Crippen LogP contribution in [0.2, 0.25) is 0 Å². The van der Waals surface area contributed by atoms with Crippen molar-refractivity contribution in [3.05, 3.63) is 53.3 Å². The number of aliphatic hydroxyl groups excluding tert-OH is 1. The summed E-state index contributed by atoms with van der Waals surface area (Å²) < 4.78 is 29.7. The summed E-state index contributed by atoms with van der Waals surface area (Å²) in [4.78, 5) is 12.2. The van der Waals surface area contributed by atoms with Crippen LogP contribution in [-0.2, 0) is 11.3 Å². The molecule has 0 saturated heterocycles. The number of ether oxygens (including phenoxy) is 3. The quantitative estimate of drug-likeness (QED) is 0.545. The molecule has 27 heavy (non-hydrogen) atoms. The number of methoxy groups -OCH3 is 1. The maximum absolute atomic E-state index is 13.7. The number of amides is 1. The fraction of sp³-hybridized carbons (Fsp3) is 0.316. The summed E-state index contributed by atoms with van der Waals surface area (Å²) in [6.45, 7) is 0.904. The Morgan fingerprint density at radius 2 is 2.00 bits per heavy atom. The van der Waals surface area contributed by atoms with Crippen molar-refractivity contribution in [2.45, 2.75) is 6.54 Å². The van der Waals surface area contributed by atoms with Crippen LogP contribution in [0.5, 0.6) is 17.2 Å². The lowest BCUT2D eigenvalue weighted by atomic mass is 10.1. The highest BCUT2D eigenvalue weighted by molar-refractivity contribution is 5.94. The number of nitrogens with two attached hydrogens (primary N) is 1. The summed E-state index contributed by atoms with van der Waals surface area (Å²) in [7, 11) is 1.47. The van der Waals surface area contributed by atoms with Gasteiger partial charge in [0.2, 0.25) is 0 Å². The second-order valence-corrected chi connectivity index (χ2v) is 5.56. The van der Waals surface area contributed by atoms with Crippen LogP contribution in [0.1, 0.15) is 15.9 Å². The van der Waals surface area contributed by atoms with Gasteiger partial charge in [0.1, 0.15) is 11.6 Å². The number of hydrogen-bond donors (Lipinski definition) is 3. The van der Waals surface area contributed by atoms with Gasteiger partial charge in [-0.3, -0.25) is 4.79 Å². The molecule has 0 atom stereocenters. The van der Waals surface area contributed by atoms with Crippen molar-refractivity contribution in [3.8, 4) is 17.2 Å². The maximum Gasteiger partial charge on any atom is 0.251 e. The molecule has 4 N–H and O–H groups in total. The molecule has 1 amide bonds. The van der Waals surface area contributed by atoms with E-state index < -0.39 is 5.82 Å². The Kier molecular flexibility index (Phi) is 8.00. The van der Waals surface area contributed by atoms with Gasteiger partial charge in [-0.05, 0) is 35.9 Å². The standard InChI is InChI=1S/C19H23FN2O5/c1-25-17-3-2-14(19(24)22-4-6-26-7-5-23)10-18(17)27-16-9-13(12-21)8-15(20)11-16/h2-3,8-11,23H,4-7,12,21H2,1H3,(H,22,24). The van der Waals surface area contributed by atoms with Crippen molar-refractivity contribution in [1.82, 2.24) is 5.32 Å². The van der Waals surface area contributed by atoms with Crippen LogP contribution in [0.4, 0.5) is 4.39 Å². The van der Waals surface area contributed by atoms with Gasteiger partial charge in [-0.2, -0.15) is 0 Å². The second kappa shape index (κ2) is 10.5. The van der Waals surface area contributed by atoms with Crippen LogP contribution in [0, 0.1) is 5.82 Å². The molecule has 146 valence electrons. The Hall–Kier alpha value is -2.68. The third kappa shape index (κ3) is 6.21. The largest absolute Gasteiger partial charge is 0.493 e. The lowest BCUT2D eigenvalue weighted by Crippen LogP contribution is -2.27. The van der Waals surface area contributed by atoms with Crippen LogP contribution in [-0.4, -0.2) is 44.5 Å². The monoisotopic (exact) mass is 378 g/mol. The van der Waals surface area contributed by atoms with Gasteiger partial charge in [-0.1, -0.05) is 0 Å². The van der Waals surface area contributed by atoms with Crippen molar-refractivity contribution in [2.24, 2.45) is 5.73 Å². The number of carbonyl (C=O) groups excluding carboxylic acids is 1. The van der Waals surface area contributed by atoms with Gasteiger partial charge in [0.15, 0.2) is 11.5 Å². The average molecular weight is 378 g/mol. The number of hydrogen-bond acceptors (Lipinski definition) is 6. The number of benzene rings is 2. The maximum atomic E-state index is 13.7. The van der Waals surface area contributed by atoms with E-state index >= 15 is 0 Å². The molecule has 7 nitrogen and oxygen atoms in total. The first kappa shape index (κ1) is 20.6. The molecule has 0 fully saturated rings. The lowest BCUT2D eigenvalue weighted by molar-refractivity contribution is 0.0838. The van der Waals surface area contributed by atoms with E-state index in [2.05, 4.69) is 5.32 Å². The molecule has 2 aromatic rings. The van der Waals surface area contributed by atoms with Crippen molar-refractivity contribution in [1.29, 1.82) is 0 Å². The second-order valence-electron chi connectivity index (χ2n) is 5.56. The van der Waals surface area contributed by atoms with Gasteiger partial charge in [0.05, 0.1) is 26.9 Å². The summed E-state index contributed by atoms with van der Waals surface area (Å²) in [6.07, 6.45) is 0. The van der Waals surface area contributed by atoms with Crippen molar-refractivity contribution >= 4 is 5.91 Å². The predicted octanol–water partition coefficient (Wildman–Crippen LogP) is 1.82. The molecule has 0 spiro atoms. The van der Waals surface area contributed by atoms with Crippen LogP contribution < -0.4 is 20.5 Å². The number of aliphatic hydroxyl groups is 1. The van der Waals surface area contributed by atoms with Crippen LogP contribution in [0.3, 0.4) is 0 Å². The third-order valence-corrected chi connectivity index (χ3v) is 3.59. The topological polar surface area (TPSA) is 103 Å². The lowest BCUT2D eigenvalue weighted by Gasteiger charge is -2.13. The molecule has 2 aromatic carbocycles. The highest BCUT2D eigenvalue weighted by Gasteiger charge is 2.13. The average Bonchev–Trinajstić information content (AvgIpc) is 2.67. The highest BCUT2D eigenvalue weighted by Crippen LogP contribution is 2.33. The SMILES string of the molecule is COc1ccc(C(=O)NCCOCCO)cc1Oc1cc(F)cc(CN)c1. The Labute approximate surface area is 156 Å². The van der Waals surface area contributed by atoms with Gasteiger partial charge in [0, 0.05) is 24.7 Å². The molecule has 0 aromatic heterocycles. The molecule has 0 heterocycles. The molecule has 0 aliphatic carbocycles. The first-order chi connectivity index (χ1) is 13.1. The van der Waals surface area contributed by atoms with Gasteiger partial charge < -0.3 is 30.4 Å². The van der Waals surface area contributed by atoms with E-state index in [1.807, 2.05) is 0 Å². The minimum absolute atomic E-state index is 0.0704. The fourth-order valence-corrected chi connectivity index (χ4v) is 2.33. The molecular formula is C19H23FN2O5. The van der Waals surface area contributed by atoms with E-state index in [1.165, 1.54) is 25.3 Å². The van der Waals surface area contributed by atoms with Gasteiger partial charge in [0.25, 0.3) is 5.91 Å². The summed E-state index contributed by atoms with van der Waals surface area (Å²) in [5, 5.41) is 11.3. The zero-order valence-corrected chi connectivity index (χ0v) is 15.0. The molecule has 0 aliphatic rings. The van der Waals surface area contributed by atoms with E-state index in [4.69, 9.17) is 25.1 Å². The van der Waals surface area contributed by atoms with Gasteiger partial charge in [-0.25, -0.2) is 4.39 Å². The predicted molar refractivity (Wildman–Crippen MR) is 97.6 cm³/mol. The van der Waals surface area contributed by atoms with Crippen LogP contribution >= 0.6 is 0 Å². The van der Waals surface area contributed by atoms with Crippen molar-refractivity contribution < 1.29 is 28.5 Å². The van der Waals surface area contributed by atoms with Crippen molar-refractivity contribution in [3.63, 3.8) is 0 Å². The Bertz CT molecular complexity index is 770. The smallest absolute Gasteiger partial charge is 0.251 e. The normalized spacial score (nSPS) is 10.5. The Morgan fingerprint density at radius 3 is 2.70 bits per heavy atom. The number of carbonyl (C=O) groups is 1. The van der Waals surface area contributed by atoms with Gasteiger partial charge >= 0.3 is 0 Å². The van der Waals surface area contributed by atoms with E-state index in [-0.39, 0.29) is 43.8 Å². The molecular weight excluding hydrogens is 355 g/mol. The molecule has 0 bridgehead atoms. The molecule has 0 saturated carbocycles. The van der Waals surface area contributed by atoms with E-state index in [0.717, 1.165) is 0 Å². The zero-order valence-electron chi connectivity index (χ0n) is 15.0. The minimum Gasteiger partial charge on any atom is -0.493 e. The van der Waals surface area contributed by atoms with E-state index in [9.17, 15) is 9.18 Å². The number of rotatable bonds is 10. The first-order valence-corrected chi connectivity index (χ1v) is 8.39. The third-order valence-electron chi connectivity index (χ3n) is 3.59. The Morgan fingerprint density at radius 1 is 1.19 bits per heavy atom. The Balaban J connectivity index is 2.13. The zero-order chi connectivity index (χ0) is 19.6. The van der Waals surface area contributed by atoms with Crippen LogP contribution in [0.25, 0.3) is 0 Å². The van der Waals surface area contributed by atoms with Gasteiger partial charge in [-0.15, -0.1) is 0 Å². The minimum atomic E-state index is -0.469. The molecule has 8 heteroatoms. The first-order valence-electron chi connectivity index (χ1n) is 8.39. The van der Waals surface area contributed by atoms with E-state index in [0.29, 0.717) is 23.4 Å². The molecule has 0 aliphatic heterocycles. The summed E-state index contributed by atoms with van der Waals surface area (Å²) in [6, 6.07) is 8.86. The molecule has 0 unspecified atom stereocenters.